The van der Waals surface area contributed by atoms with E-state index in [1.165, 1.54) is 5.56 Å². The van der Waals surface area contributed by atoms with E-state index >= 15 is 0 Å². The second-order valence-corrected chi connectivity index (χ2v) is 10.1. The summed E-state index contributed by atoms with van der Waals surface area (Å²) in [6.07, 6.45) is 4.30. The lowest BCUT2D eigenvalue weighted by molar-refractivity contribution is 0.592. The minimum atomic E-state index is -3.05. The second-order valence-electron chi connectivity index (χ2n) is 7.41. The Hall–Kier alpha value is -3.35. The Morgan fingerprint density at radius 1 is 0.633 bits per heavy atom. The van der Waals surface area contributed by atoms with E-state index in [1.807, 2.05) is 91.0 Å². The zero-order valence-electron chi connectivity index (χ0n) is 16.5. The van der Waals surface area contributed by atoms with Gasteiger partial charge in [0.1, 0.15) is 0 Å². The first-order valence-electron chi connectivity index (χ1n) is 10.1. The first-order valence-corrected chi connectivity index (χ1v) is 11.8. The number of benzene rings is 4. The number of nitrogens with one attached hydrogen (secondary N) is 1. The highest BCUT2D eigenvalue weighted by Crippen LogP contribution is 2.46. The molecule has 1 atom stereocenters. The molecule has 146 valence electrons. The first-order chi connectivity index (χ1) is 14.8. The van der Waals surface area contributed by atoms with Crippen LogP contribution in [0.15, 0.2) is 115 Å². The molecular weight excluding hydrogens is 385 g/mol. The number of rotatable bonds is 4. The van der Waals surface area contributed by atoms with Gasteiger partial charge >= 0.3 is 0 Å². The van der Waals surface area contributed by atoms with E-state index < -0.39 is 7.14 Å². The number of para-hydroxylation sites is 1. The van der Waals surface area contributed by atoms with Gasteiger partial charge < -0.3 is 9.88 Å². The molecule has 4 aromatic carbocycles. The highest BCUT2D eigenvalue weighted by Gasteiger charge is 2.33. The van der Waals surface area contributed by atoms with Gasteiger partial charge in [-0.1, -0.05) is 115 Å². The fourth-order valence-electron chi connectivity index (χ4n) is 4.08. The van der Waals surface area contributed by atoms with Crippen molar-refractivity contribution in [2.24, 2.45) is 0 Å². The standard InChI is InChI=1S/C27H22NOP/c29-30(23-14-6-2-7-15-23,24-16-8-3-9-17-24)26-18-10-13-22-19-20-25(28-27(22)26)21-11-4-1-5-12-21/h1-20,25,28H. The summed E-state index contributed by atoms with van der Waals surface area (Å²) in [5, 5.41) is 6.21. The lowest BCUT2D eigenvalue weighted by atomic mass is 10.00. The summed E-state index contributed by atoms with van der Waals surface area (Å²) in [7, 11) is -3.05. The minimum Gasteiger partial charge on any atom is -0.374 e. The van der Waals surface area contributed by atoms with Gasteiger partial charge in [-0.15, -0.1) is 0 Å². The Balaban J connectivity index is 1.70. The van der Waals surface area contributed by atoms with Crippen LogP contribution in [0.25, 0.3) is 6.08 Å². The molecular formula is C27H22NOP. The molecule has 2 nitrogen and oxygen atoms in total. The molecule has 0 fully saturated rings. The predicted octanol–water partition coefficient (Wildman–Crippen LogP) is 5.51. The quantitative estimate of drug-likeness (QED) is 0.452. The molecule has 0 radical (unpaired) electrons. The average Bonchev–Trinajstić information content (AvgIpc) is 2.84. The molecule has 1 aliphatic heterocycles. The Labute approximate surface area is 177 Å². The van der Waals surface area contributed by atoms with Crippen molar-refractivity contribution in [3.05, 3.63) is 126 Å². The van der Waals surface area contributed by atoms with E-state index in [9.17, 15) is 4.57 Å². The van der Waals surface area contributed by atoms with Crippen LogP contribution in [0.1, 0.15) is 17.2 Å². The molecule has 0 saturated carbocycles. The fraction of sp³-hybridized carbons (Fsp3) is 0.0370. The zero-order valence-corrected chi connectivity index (χ0v) is 17.4. The maximum absolute atomic E-state index is 14.9. The summed E-state index contributed by atoms with van der Waals surface area (Å²) in [6, 6.07) is 36.1. The lowest BCUT2D eigenvalue weighted by Gasteiger charge is -2.29. The van der Waals surface area contributed by atoms with Crippen molar-refractivity contribution in [3.63, 3.8) is 0 Å². The SMILES string of the molecule is O=P(c1ccccc1)(c1ccccc1)c1cccc2c1NC(c1ccccc1)C=C2. The van der Waals surface area contributed by atoms with Crippen LogP contribution in [0.2, 0.25) is 0 Å². The van der Waals surface area contributed by atoms with E-state index in [1.54, 1.807) is 0 Å². The summed E-state index contributed by atoms with van der Waals surface area (Å²) in [5.41, 5.74) is 3.19. The molecule has 3 heteroatoms. The number of hydrogen-bond donors (Lipinski definition) is 1. The van der Waals surface area contributed by atoms with Crippen LogP contribution in [-0.2, 0) is 4.57 Å². The molecule has 1 heterocycles. The van der Waals surface area contributed by atoms with Crippen molar-refractivity contribution in [1.82, 2.24) is 0 Å². The monoisotopic (exact) mass is 407 g/mol. The van der Waals surface area contributed by atoms with Gasteiger partial charge in [-0.05, 0) is 17.2 Å². The van der Waals surface area contributed by atoms with E-state index in [0.717, 1.165) is 27.2 Å². The van der Waals surface area contributed by atoms with Crippen molar-refractivity contribution < 1.29 is 4.57 Å². The highest BCUT2D eigenvalue weighted by molar-refractivity contribution is 7.85. The van der Waals surface area contributed by atoms with E-state index in [2.05, 4.69) is 35.7 Å². The molecule has 0 amide bonds. The largest absolute Gasteiger partial charge is 0.374 e. The minimum absolute atomic E-state index is 0.0415. The number of anilines is 1. The van der Waals surface area contributed by atoms with Crippen molar-refractivity contribution in [2.45, 2.75) is 6.04 Å². The lowest BCUT2D eigenvalue weighted by Crippen LogP contribution is -2.29. The smallest absolute Gasteiger partial charge is 0.173 e. The molecule has 1 unspecified atom stereocenters. The van der Waals surface area contributed by atoms with E-state index in [-0.39, 0.29) is 6.04 Å². The average molecular weight is 407 g/mol. The Kier molecular flexibility index (Phi) is 4.86. The Morgan fingerprint density at radius 3 is 1.80 bits per heavy atom. The molecule has 30 heavy (non-hydrogen) atoms. The van der Waals surface area contributed by atoms with Crippen LogP contribution in [0.3, 0.4) is 0 Å². The summed E-state index contributed by atoms with van der Waals surface area (Å²) >= 11 is 0. The molecule has 0 saturated heterocycles. The molecule has 0 bridgehead atoms. The van der Waals surface area contributed by atoms with Gasteiger partial charge in [-0.3, -0.25) is 0 Å². The normalized spacial score (nSPS) is 15.3. The molecule has 5 rings (SSSR count). The predicted molar refractivity (Wildman–Crippen MR) is 128 cm³/mol. The maximum atomic E-state index is 14.9. The van der Waals surface area contributed by atoms with Crippen LogP contribution in [0.5, 0.6) is 0 Å². The maximum Gasteiger partial charge on any atom is 0.173 e. The highest BCUT2D eigenvalue weighted by atomic mass is 31.2. The Morgan fingerprint density at radius 2 is 1.20 bits per heavy atom. The van der Waals surface area contributed by atoms with E-state index in [0.29, 0.717) is 0 Å². The van der Waals surface area contributed by atoms with Gasteiger partial charge in [-0.2, -0.15) is 0 Å². The van der Waals surface area contributed by atoms with Crippen LogP contribution in [-0.4, -0.2) is 0 Å². The number of hydrogen-bond acceptors (Lipinski definition) is 2. The summed E-state index contributed by atoms with van der Waals surface area (Å²) in [4.78, 5) is 0. The zero-order chi connectivity index (χ0) is 20.4. The van der Waals surface area contributed by atoms with Gasteiger partial charge in [0.2, 0.25) is 0 Å². The van der Waals surface area contributed by atoms with Crippen LogP contribution >= 0.6 is 7.14 Å². The second kappa shape index (κ2) is 7.82. The van der Waals surface area contributed by atoms with Crippen molar-refractivity contribution in [1.29, 1.82) is 0 Å². The van der Waals surface area contributed by atoms with E-state index in [4.69, 9.17) is 0 Å². The van der Waals surface area contributed by atoms with Crippen molar-refractivity contribution in [2.75, 3.05) is 5.32 Å². The van der Waals surface area contributed by atoms with Crippen molar-refractivity contribution >= 4 is 34.8 Å². The third kappa shape index (κ3) is 3.20. The van der Waals surface area contributed by atoms with Gasteiger partial charge in [0.25, 0.3) is 0 Å². The summed E-state index contributed by atoms with van der Waals surface area (Å²) in [5.74, 6) is 0. The molecule has 4 aromatic rings. The molecule has 1 N–H and O–H groups in total. The van der Waals surface area contributed by atoms with Gasteiger partial charge in [0, 0.05) is 15.9 Å². The number of fused-ring (bicyclic) bond motifs is 1. The van der Waals surface area contributed by atoms with Gasteiger partial charge in [0.15, 0.2) is 7.14 Å². The van der Waals surface area contributed by atoms with Crippen LogP contribution < -0.4 is 21.2 Å². The molecule has 0 aromatic heterocycles. The van der Waals surface area contributed by atoms with Crippen molar-refractivity contribution in [3.8, 4) is 0 Å². The molecule has 0 spiro atoms. The fourth-order valence-corrected chi connectivity index (χ4v) is 6.92. The third-order valence-electron chi connectivity index (χ3n) is 5.58. The van der Waals surface area contributed by atoms with Crippen LogP contribution in [0.4, 0.5) is 5.69 Å². The first kappa shape index (κ1) is 18.7. The van der Waals surface area contributed by atoms with Gasteiger partial charge in [-0.25, -0.2) is 0 Å². The summed E-state index contributed by atoms with van der Waals surface area (Å²) < 4.78 is 14.9. The summed E-state index contributed by atoms with van der Waals surface area (Å²) in [6.45, 7) is 0. The van der Waals surface area contributed by atoms with Crippen LogP contribution in [0, 0.1) is 0 Å². The Bertz CT molecular complexity index is 1190. The third-order valence-corrected chi connectivity index (χ3v) is 8.68. The van der Waals surface area contributed by atoms with Gasteiger partial charge in [0.05, 0.1) is 11.7 Å². The molecule has 1 aliphatic rings. The molecule has 0 aliphatic carbocycles. The topological polar surface area (TPSA) is 29.1 Å².